The van der Waals surface area contributed by atoms with Crippen molar-refractivity contribution in [2.24, 2.45) is 5.92 Å². The number of rotatable bonds is 4. The third kappa shape index (κ3) is 2.59. The first-order valence-electron chi connectivity index (χ1n) is 5.85. The summed E-state index contributed by atoms with van der Waals surface area (Å²) >= 11 is 5.40. The standard InChI is InChI=1S/C11H20N2S/c1-2-13(8-9-4-3-5-9)11(14)12-10-6-7-10/h9-10H,2-8H2,1H3,(H,12,14). The maximum atomic E-state index is 5.40. The first-order chi connectivity index (χ1) is 6.79. The van der Waals surface area contributed by atoms with E-state index in [1.54, 1.807) is 0 Å². The molecule has 0 aromatic rings. The minimum atomic E-state index is 0.693. The van der Waals surface area contributed by atoms with Gasteiger partial charge in [0.05, 0.1) is 0 Å². The lowest BCUT2D eigenvalue weighted by atomic mass is 9.85. The number of hydrogen-bond acceptors (Lipinski definition) is 1. The summed E-state index contributed by atoms with van der Waals surface area (Å²) in [5.41, 5.74) is 0. The topological polar surface area (TPSA) is 15.3 Å². The molecule has 2 fully saturated rings. The van der Waals surface area contributed by atoms with Gasteiger partial charge in [-0.1, -0.05) is 6.42 Å². The fraction of sp³-hybridized carbons (Fsp3) is 0.909. The van der Waals surface area contributed by atoms with Crippen LogP contribution in [0, 0.1) is 5.92 Å². The maximum Gasteiger partial charge on any atom is 0.169 e. The van der Waals surface area contributed by atoms with E-state index < -0.39 is 0 Å². The van der Waals surface area contributed by atoms with Crippen LogP contribution in [0.3, 0.4) is 0 Å². The zero-order valence-electron chi connectivity index (χ0n) is 8.96. The number of nitrogens with zero attached hydrogens (tertiary/aromatic N) is 1. The Labute approximate surface area is 92.0 Å². The molecule has 0 aromatic carbocycles. The Kier molecular flexibility index (Phi) is 3.26. The summed E-state index contributed by atoms with van der Waals surface area (Å²) in [6.07, 6.45) is 6.85. The van der Waals surface area contributed by atoms with Crippen molar-refractivity contribution in [1.29, 1.82) is 0 Å². The highest BCUT2D eigenvalue weighted by Gasteiger charge is 2.25. The second kappa shape index (κ2) is 4.47. The summed E-state index contributed by atoms with van der Waals surface area (Å²) < 4.78 is 0. The zero-order valence-corrected chi connectivity index (χ0v) is 9.78. The van der Waals surface area contributed by atoms with Gasteiger partial charge in [0, 0.05) is 19.1 Å². The van der Waals surface area contributed by atoms with E-state index in [0.29, 0.717) is 6.04 Å². The molecular weight excluding hydrogens is 192 g/mol. The van der Waals surface area contributed by atoms with Crippen LogP contribution < -0.4 is 5.32 Å². The van der Waals surface area contributed by atoms with Gasteiger partial charge in [0.15, 0.2) is 5.11 Å². The van der Waals surface area contributed by atoms with E-state index in [1.165, 1.54) is 38.6 Å². The third-order valence-electron chi connectivity index (χ3n) is 3.28. The average molecular weight is 212 g/mol. The molecule has 0 aliphatic heterocycles. The van der Waals surface area contributed by atoms with Crippen molar-refractivity contribution in [3.05, 3.63) is 0 Å². The summed E-state index contributed by atoms with van der Waals surface area (Å²) in [5.74, 6) is 0.911. The highest BCUT2D eigenvalue weighted by molar-refractivity contribution is 7.80. The predicted octanol–water partition coefficient (Wildman–Crippen LogP) is 2.15. The summed E-state index contributed by atoms with van der Waals surface area (Å²) in [7, 11) is 0. The molecule has 2 saturated carbocycles. The van der Waals surface area contributed by atoms with Crippen molar-refractivity contribution < 1.29 is 0 Å². The molecule has 0 aromatic heterocycles. The van der Waals surface area contributed by atoms with Crippen LogP contribution in [0.25, 0.3) is 0 Å². The Morgan fingerprint density at radius 1 is 1.36 bits per heavy atom. The largest absolute Gasteiger partial charge is 0.360 e. The Bertz CT molecular complexity index is 209. The van der Waals surface area contributed by atoms with E-state index in [-0.39, 0.29) is 0 Å². The lowest BCUT2D eigenvalue weighted by Gasteiger charge is -2.33. The van der Waals surface area contributed by atoms with Crippen molar-refractivity contribution in [1.82, 2.24) is 10.2 Å². The van der Waals surface area contributed by atoms with Gasteiger partial charge in [-0.2, -0.15) is 0 Å². The van der Waals surface area contributed by atoms with Crippen molar-refractivity contribution in [2.75, 3.05) is 13.1 Å². The molecule has 80 valence electrons. The summed E-state index contributed by atoms with van der Waals surface area (Å²) in [6.45, 7) is 4.42. The van der Waals surface area contributed by atoms with Gasteiger partial charge in [0.1, 0.15) is 0 Å². The lowest BCUT2D eigenvalue weighted by molar-refractivity contribution is 0.243. The summed E-state index contributed by atoms with van der Waals surface area (Å²) in [5, 5.41) is 4.40. The third-order valence-corrected chi connectivity index (χ3v) is 3.65. The van der Waals surface area contributed by atoms with E-state index in [0.717, 1.165) is 17.6 Å². The highest BCUT2D eigenvalue weighted by atomic mass is 32.1. The average Bonchev–Trinajstić information content (AvgIpc) is 2.86. The quantitative estimate of drug-likeness (QED) is 0.719. The van der Waals surface area contributed by atoms with Gasteiger partial charge in [-0.15, -0.1) is 0 Å². The zero-order chi connectivity index (χ0) is 9.97. The molecule has 0 amide bonds. The van der Waals surface area contributed by atoms with Crippen LogP contribution in [0.4, 0.5) is 0 Å². The maximum absolute atomic E-state index is 5.40. The molecule has 0 atom stereocenters. The normalized spacial score (nSPS) is 21.5. The second-order valence-corrected chi connectivity index (χ2v) is 4.95. The van der Waals surface area contributed by atoms with Crippen LogP contribution in [0.15, 0.2) is 0 Å². The van der Waals surface area contributed by atoms with E-state index in [2.05, 4.69) is 17.1 Å². The molecule has 2 aliphatic rings. The van der Waals surface area contributed by atoms with Crippen molar-refractivity contribution in [3.8, 4) is 0 Å². The van der Waals surface area contributed by atoms with E-state index in [1.807, 2.05) is 0 Å². The Hall–Kier alpha value is -0.310. The van der Waals surface area contributed by atoms with Crippen LogP contribution in [0.2, 0.25) is 0 Å². The monoisotopic (exact) mass is 212 g/mol. The Morgan fingerprint density at radius 3 is 2.50 bits per heavy atom. The second-order valence-electron chi connectivity index (χ2n) is 4.56. The molecular formula is C11H20N2S. The van der Waals surface area contributed by atoms with Crippen LogP contribution in [0.1, 0.15) is 39.0 Å². The van der Waals surface area contributed by atoms with Crippen LogP contribution in [0.5, 0.6) is 0 Å². The van der Waals surface area contributed by atoms with Gasteiger partial charge in [-0.25, -0.2) is 0 Å². The molecule has 14 heavy (non-hydrogen) atoms. The van der Waals surface area contributed by atoms with Crippen molar-refractivity contribution in [2.45, 2.75) is 45.1 Å². The fourth-order valence-electron chi connectivity index (χ4n) is 1.84. The fourth-order valence-corrected chi connectivity index (χ4v) is 2.21. The molecule has 0 bridgehead atoms. The summed E-state index contributed by atoms with van der Waals surface area (Å²) in [6, 6.07) is 0.693. The van der Waals surface area contributed by atoms with Gasteiger partial charge >= 0.3 is 0 Å². The Balaban J connectivity index is 1.74. The van der Waals surface area contributed by atoms with Crippen LogP contribution >= 0.6 is 12.2 Å². The molecule has 0 radical (unpaired) electrons. The van der Waals surface area contributed by atoms with Gasteiger partial charge in [-0.3, -0.25) is 0 Å². The molecule has 2 aliphatic carbocycles. The van der Waals surface area contributed by atoms with E-state index >= 15 is 0 Å². The van der Waals surface area contributed by atoms with Crippen LogP contribution in [-0.2, 0) is 0 Å². The molecule has 0 saturated heterocycles. The molecule has 2 rings (SSSR count). The van der Waals surface area contributed by atoms with Gasteiger partial charge in [0.2, 0.25) is 0 Å². The smallest absolute Gasteiger partial charge is 0.169 e. The lowest BCUT2D eigenvalue weighted by Crippen LogP contribution is -2.44. The molecule has 0 spiro atoms. The number of thiocarbonyl (C=S) groups is 1. The van der Waals surface area contributed by atoms with Crippen molar-refractivity contribution in [3.63, 3.8) is 0 Å². The first-order valence-corrected chi connectivity index (χ1v) is 6.26. The number of hydrogen-bond donors (Lipinski definition) is 1. The number of nitrogens with one attached hydrogen (secondary N) is 1. The van der Waals surface area contributed by atoms with Crippen molar-refractivity contribution >= 4 is 17.3 Å². The molecule has 1 N–H and O–H groups in total. The molecule has 3 heteroatoms. The van der Waals surface area contributed by atoms with E-state index in [4.69, 9.17) is 12.2 Å². The van der Waals surface area contributed by atoms with Crippen LogP contribution in [-0.4, -0.2) is 29.1 Å². The highest BCUT2D eigenvalue weighted by Crippen LogP contribution is 2.27. The SMILES string of the molecule is CCN(CC1CCC1)C(=S)NC1CC1. The molecule has 0 heterocycles. The van der Waals surface area contributed by atoms with Gasteiger partial charge in [0.25, 0.3) is 0 Å². The Morgan fingerprint density at radius 2 is 2.07 bits per heavy atom. The minimum absolute atomic E-state index is 0.693. The summed E-state index contributed by atoms with van der Waals surface area (Å²) in [4.78, 5) is 2.33. The first kappa shape index (κ1) is 10.2. The van der Waals surface area contributed by atoms with Gasteiger partial charge in [-0.05, 0) is 50.7 Å². The van der Waals surface area contributed by atoms with E-state index in [9.17, 15) is 0 Å². The van der Waals surface area contributed by atoms with Gasteiger partial charge < -0.3 is 10.2 Å². The molecule has 0 unspecified atom stereocenters. The minimum Gasteiger partial charge on any atom is -0.360 e. The molecule has 2 nitrogen and oxygen atoms in total. The predicted molar refractivity (Wildman–Crippen MR) is 63.3 cm³/mol.